The fraction of sp³-hybridized carbons (Fsp3) is 0.333. The van der Waals surface area contributed by atoms with Crippen LogP contribution in [0.1, 0.15) is 19.4 Å². The molecule has 1 aromatic carbocycles. The number of nitrogens with zero attached hydrogens (tertiary/aromatic N) is 6. The number of nitrogens with one attached hydrogen (secondary N) is 1. The minimum Gasteiger partial charge on any atom is -0.369 e. The van der Waals surface area contributed by atoms with Crippen LogP contribution >= 0.6 is 11.3 Å². The van der Waals surface area contributed by atoms with Gasteiger partial charge in [-0.1, -0.05) is 12.1 Å². The maximum Gasteiger partial charge on any atom is 0.278 e. The van der Waals surface area contributed by atoms with Gasteiger partial charge in [0.25, 0.3) is 5.56 Å². The Labute approximate surface area is 214 Å². The Bertz CT molecular complexity index is 1440. The van der Waals surface area contributed by atoms with Gasteiger partial charge in [0.15, 0.2) is 0 Å². The molecule has 0 bridgehead atoms. The van der Waals surface area contributed by atoms with Crippen LogP contribution in [0.4, 0.5) is 17.3 Å². The van der Waals surface area contributed by atoms with Gasteiger partial charge in [0.1, 0.15) is 11.2 Å². The van der Waals surface area contributed by atoms with Crippen LogP contribution in [-0.2, 0) is 6.54 Å². The van der Waals surface area contributed by atoms with Gasteiger partial charge in [0.2, 0.25) is 5.95 Å². The van der Waals surface area contributed by atoms with E-state index in [4.69, 9.17) is 4.98 Å². The summed E-state index contributed by atoms with van der Waals surface area (Å²) in [5.74, 6) is 0.431. The second-order valence-corrected chi connectivity index (χ2v) is 10.2. The first-order valence-electron chi connectivity index (χ1n) is 12.2. The fourth-order valence-corrected chi connectivity index (χ4v) is 5.36. The van der Waals surface area contributed by atoms with E-state index in [2.05, 4.69) is 70.7 Å². The zero-order valence-corrected chi connectivity index (χ0v) is 21.8. The number of hydrogen-bond acceptors (Lipinski definition) is 8. The first kappa shape index (κ1) is 24.1. The van der Waals surface area contributed by atoms with E-state index in [1.807, 2.05) is 17.5 Å². The molecule has 4 heterocycles. The molecule has 1 fully saturated rings. The quantitative estimate of drug-likeness (QED) is 0.368. The molecular formula is C27H31N7OS. The number of benzene rings is 1. The minimum atomic E-state index is -0.227. The molecule has 4 aromatic rings. The Morgan fingerprint density at radius 1 is 1.19 bits per heavy atom. The fourth-order valence-electron chi connectivity index (χ4n) is 4.65. The number of anilines is 3. The summed E-state index contributed by atoms with van der Waals surface area (Å²) in [6.45, 7) is 14.9. The monoisotopic (exact) mass is 501 g/mol. The molecule has 8 nitrogen and oxygen atoms in total. The second kappa shape index (κ2) is 10.2. The summed E-state index contributed by atoms with van der Waals surface area (Å²) >= 11 is 1.56. The first-order valence-corrected chi connectivity index (χ1v) is 13.1. The second-order valence-electron chi connectivity index (χ2n) is 9.30. The van der Waals surface area contributed by atoms with Crippen LogP contribution in [-0.4, -0.2) is 56.9 Å². The highest BCUT2D eigenvalue weighted by molar-refractivity contribution is 7.13. The van der Waals surface area contributed by atoms with Crippen molar-refractivity contribution in [3.63, 3.8) is 0 Å². The van der Waals surface area contributed by atoms with Gasteiger partial charge in [-0.3, -0.25) is 9.69 Å². The molecule has 1 aliphatic heterocycles. The van der Waals surface area contributed by atoms with Gasteiger partial charge in [-0.25, -0.2) is 14.6 Å². The lowest BCUT2D eigenvalue weighted by Gasteiger charge is -2.38. The maximum atomic E-state index is 12.9. The molecule has 1 N–H and O–H groups in total. The number of piperazine rings is 1. The standard InChI is InChI=1S/C27H31N7OS/c1-5-10-34-26(35)21-17-28-27(30-24(21)25(31-34)23-7-6-15-36-23)29-20-8-9-22(19(4)16-20)33-13-11-32(12-14-33)18(2)3/h5-9,15-18H,1,10-14H2,2-4H3,(H,28,29,30). The molecule has 0 amide bonds. The topological polar surface area (TPSA) is 79.2 Å². The smallest absolute Gasteiger partial charge is 0.278 e. The molecule has 186 valence electrons. The highest BCUT2D eigenvalue weighted by Crippen LogP contribution is 2.29. The van der Waals surface area contributed by atoms with Gasteiger partial charge in [-0.15, -0.1) is 17.9 Å². The van der Waals surface area contributed by atoms with Crippen LogP contribution in [0.2, 0.25) is 0 Å². The first-order chi connectivity index (χ1) is 17.4. The maximum absolute atomic E-state index is 12.9. The van der Waals surface area contributed by atoms with Gasteiger partial charge in [0.05, 0.1) is 16.8 Å². The van der Waals surface area contributed by atoms with E-state index in [0.717, 1.165) is 36.7 Å². The van der Waals surface area contributed by atoms with Gasteiger partial charge < -0.3 is 10.2 Å². The van der Waals surface area contributed by atoms with Crippen LogP contribution in [0.5, 0.6) is 0 Å². The summed E-state index contributed by atoms with van der Waals surface area (Å²) in [6.07, 6.45) is 3.24. The van der Waals surface area contributed by atoms with Crippen molar-refractivity contribution in [2.75, 3.05) is 36.4 Å². The van der Waals surface area contributed by atoms with Crippen molar-refractivity contribution in [2.24, 2.45) is 0 Å². The summed E-state index contributed by atoms with van der Waals surface area (Å²) in [7, 11) is 0. The zero-order chi connectivity index (χ0) is 25.2. The Morgan fingerprint density at radius 3 is 2.67 bits per heavy atom. The Kier molecular flexibility index (Phi) is 6.84. The Hall–Kier alpha value is -3.56. The third-order valence-electron chi connectivity index (χ3n) is 6.59. The summed E-state index contributed by atoms with van der Waals surface area (Å²) in [5, 5.41) is 10.3. The number of thiophene rings is 1. The molecule has 9 heteroatoms. The Morgan fingerprint density at radius 2 is 2.00 bits per heavy atom. The number of fused-ring (bicyclic) bond motifs is 1. The lowest BCUT2D eigenvalue weighted by molar-refractivity contribution is 0.209. The summed E-state index contributed by atoms with van der Waals surface area (Å²) in [5.41, 5.74) is 4.34. The third kappa shape index (κ3) is 4.76. The van der Waals surface area contributed by atoms with E-state index in [9.17, 15) is 4.79 Å². The molecule has 0 radical (unpaired) electrons. The van der Waals surface area contributed by atoms with Gasteiger partial charge >= 0.3 is 0 Å². The van der Waals surface area contributed by atoms with Crippen LogP contribution in [0, 0.1) is 6.92 Å². The zero-order valence-electron chi connectivity index (χ0n) is 20.9. The number of rotatable bonds is 7. The van der Waals surface area contributed by atoms with Crippen molar-refractivity contribution >= 4 is 39.6 Å². The molecule has 5 rings (SSSR count). The molecule has 0 unspecified atom stereocenters. The van der Waals surface area contributed by atoms with Crippen LogP contribution < -0.4 is 15.8 Å². The van der Waals surface area contributed by atoms with Crippen molar-refractivity contribution in [1.29, 1.82) is 0 Å². The van der Waals surface area contributed by atoms with Crippen LogP contribution in [0.3, 0.4) is 0 Å². The highest BCUT2D eigenvalue weighted by Gasteiger charge is 2.20. The van der Waals surface area contributed by atoms with Crippen molar-refractivity contribution in [1.82, 2.24) is 24.6 Å². The van der Waals surface area contributed by atoms with Crippen molar-refractivity contribution in [3.05, 3.63) is 70.5 Å². The number of aryl methyl sites for hydroxylation is 1. The molecule has 1 saturated heterocycles. The van der Waals surface area contributed by atoms with Crippen molar-refractivity contribution in [2.45, 2.75) is 33.4 Å². The third-order valence-corrected chi connectivity index (χ3v) is 7.47. The van der Waals surface area contributed by atoms with Crippen molar-refractivity contribution in [3.8, 4) is 10.6 Å². The summed E-state index contributed by atoms with van der Waals surface area (Å²) in [4.78, 5) is 28.0. The van der Waals surface area contributed by atoms with E-state index >= 15 is 0 Å². The largest absolute Gasteiger partial charge is 0.369 e. The van der Waals surface area contributed by atoms with E-state index in [1.165, 1.54) is 15.9 Å². The molecule has 0 atom stereocenters. The minimum absolute atomic E-state index is 0.227. The summed E-state index contributed by atoms with van der Waals surface area (Å²) in [6, 6.07) is 10.9. The summed E-state index contributed by atoms with van der Waals surface area (Å²) < 4.78 is 1.41. The lowest BCUT2D eigenvalue weighted by Crippen LogP contribution is -2.49. The SMILES string of the molecule is C=CCn1nc(-c2cccs2)c2nc(Nc3ccc(N4CCN(C(C)C)CC4)c(C)c3)ncc2c1=O. The predicted molar refractivity (Wildman–Crippen MR) is 148 cm³/mol. The normalized spacial score (nSPS) is 14.5. The van der Waals surface area contributed by atoms with Crippen LogP contribution in [0.15, 0.2) is 59.4 Å². The van der Waals surface area contributed by atoms with Gasteiger partial charge in [-0.2, -0.15) is 5.10 Å². The van der Waals surface area contributed by atoms with E-state index in [1.54, 1.807) is 23.6 Å². The van der Waals surface area contributed by atoms with Gasteiger partial charge in [0, 0.05) is 49.8 Å². The molecule has 0 saturated carbocycles. The molecule has 0 aliphatic carbocycles. The van der Waals surface area contributed by atoms with Gasteiger partial charge in [-0.05, 0) is 56.0 Å². The van der Waals surface area contributed by atoms with E-state index in [-0.39, 0.29) is 5.56 Å². The van der Waals surface area contributed by atoms with E-state index < -0.39 is 0 Å². The average molecular weight is 502 g/mol. The highest BCUT2D eigenvalue weighted by atomic mass is 32.1. The molecule has 3 aromatic heterocycles. The average Bonchev–Trinajstić information content (AvgIpc) is 3.41. The Balaban J connectivity index is 1.43. The molecule has 0 spiro atoms. The van der Waals surface area contributed by atoms with Crippen molar-refractivity contribution < 1.29 is 0 Å². The lowest BCUT2D eigenvalue weighted by atomic mass is 10.1. The molecular weight excluding hydrogens is 470 g/mol. The van der Waals surface area contributed by atoms with E-state index in [0.29, 0.717) is 35.1 Å². The molecule has 1 aliphatic rings. The van der Waals surface area contributed by atoms with Crippen LogP contribution in [0.25, 0.3) is 21.5 Å². The number of hydrogen-bond donors (Lipinski definition) is 1. The predicted octanol–water partition coefficient (Wildman–Crippen LogP) is 4.68. The molecule has 36 heavy (non-hydrogen) atoms. The number of aromatic nitrogens is 4. The number of allylic oxidation sites excluding steroid dienone is 1.